The van der Waals surface area contributed by atoms with Crippen LogP contribution in [0.15, 0.2) is 24.3 Å². The van der Waals surface area contributed by atoms with Crippen LogP contribution in [0, 0.1) is 12.3 Å². The highest BCUT2D eigenvalue weighted by Crippen LogP contribution is 2.31. The Morgan fingerprint density at radius 2 is 2.19 bits per heavy atom. The van der Waals surface area contributed by atoms with Gasteiger partial charge in [-0.3, -0.25) is 0 Å². The van der Waals surface area contributed by atoms with Crippen molar-refractivity contribution in [3.8, 4) is 23.8 Å². The third kappa shape index (κ3) is 2.29. The Labute approximate surface area is 95.5 Å². The molecule has 2 rings (SSSR count). The maximum absolute atomic E-state index is 5.99. The van der Waals surface area contributed by atoms with Gasteiger partial charge < -0.3 is 15.2 Å². The summed E-state index contributed by atoms with van der Waals surface area (Å²) in [6.45, 7) is 0.489. The molecular weight excluding hydrogens is 202 g/mol. The van der Waals surface area contributed by atoms with E-state index in [1.165, 1.54) is 0 Å². The number of terminal acetylenes is 1. The SMILES string of the molecule is C#CCCC(N)C1COc2ccccc2O1. The smallest absolute Gasteiger partial charge is 0.161 e. The number of hydrogen-bond donors (Lipinski definition) is 1. The number of ether oxygens (including phenoxy) is 2. The molecule has 2 unspecified atom stereocenters. The summed E-state index contributed by atoms with van der Waals surface area (Å²) in [7, 11) is 0. The van der Waals surface area contributed by atoms with Crippen molar-refractivity contribution in [3.63, 3.8) is 0 Å². The van der Waals surface area contributed by atoms with E-state index in [0.29, 0.717) is 13.0 Å². The molecule has 0 fully saturated rings. The van der Waals surface area contributed by atoms with Crippen LogP contribution in [-0.2, 0) is 0 Å². The second-order valence-corrected chi connectivity index (χ2v) is 3.82. The Kier molecular flexibility index (Phi) is 3.33. The molecular formula is C13H15NO2. The maximum Gasteiger partial charge on any atom is 0.161 e. The third-order valence-electron chi connectivity index (χ3n) is 2.63. The van der Waals surface area contributed by atoms with Crippen LogP contribution in [0.5, 0.6) is 11.5 Å². The molecule has 3 heteroatoms. The van der Waals surface area contributed by atoms with E-state index < -0.39 is 0 Å². The van der Waals surface area contributed by atoms with Gasteiger partial charge in [0.25, 0.3) is 0 Å². The average Bonchev–Trinajstić information content (AvgIpc) is 2.35. The predicted molar refractivity (Wildman–Crippen MR) is 62.4 cm³/mol. The Morgan fingerprint density at radius 3 is 2.94 bits per heavy atom. The molecule has 0 spiro atoms. The highest BCUT2D eigenvalue weighted by Gasteiger charge is 2.25. The highest BCUT2D eigenvalue weighted by molar-refractivity contribution is 5.40. The molecule has 1 aromatic rings. The van der Waals surface area contributed by atoms with Gasteiger partial charge in [0.15, 0.2) is 11.5 Å². The molecule has 84 valence electrons. The van der Waals surface area contributed by atoms with Gasteiger partial charge in [-0.15, -0.1) is 12.3 Å². The van der Waals surface area contributed by atoms with Crippen LogP contribution in [0.3, 0.4) is 0 Å². The Hall–Kier alpha value is -1.66. The van der Waals surface area contributed by atoms with Gasteiger partial charge >= 0.3 is 0 Å². The summed E-state index contributed by atoms with van der Waals surface area (Å²) in [6, 6.07) is 7.52. The number of nitrogens with two attached hydrogens (primary N) is 1. The molecule has 0 saturated heterocycles. The lowest BCUT2D eigenvalue weighted by molar-refractivity contribution is 0.0705. The van der Waals surface area contributed by atoms with Crippen LogP contribution in [0.4, 0.5) is 0 Å². The zero-order valence-electron chi connectivity index (χ0n) is 9.06. The van der Waals surface area contributed by atoms with Crippen molar-refractivity contribution >= 4 is 0 Å². The number of para-hydroxylation sites is 2. The molecule has 1 aromatic carbocycles. The van der Waals surface area contributed by atoms with Crippen LogP contribution in [0.1, 0.15) is 12.8 Å². The van der Waals surface area contributed by atoms with Crippen molar-refractivity contribution in [1.29, 1.82) is 0 Å². The first-order valence-corrected chi connectivity index (χ1v) is 5.39. The largest absolute Gasteiger partial charge is 0.486 e. The fraction of sp³-hybridized carbons (Fsp3) is 0.385. The van der Waals surface area contributed by atoms with E-state index >= 15 is 0 Å². The lowest BCUT2D eigenvalue weighted by Gasteiger charge is -2.30. The maximum atomic E-state index is 5.99. The molecule has 0 saturated carbocycles. The Balaban J connectivity index is 2.00. The first-order valence-electron chi connectivity index (χ1n) is 5.39. The van der Waals surface area contributed by atoms with E-state index in [-0.39, 0.29) is 12.1 Å². The third-order valence-corrected chi connectivity index (χ3v) is 2.63. The normalized spacial score (nSPS) is 19.9. The van der Waals surface area contributed by atoms with Crippen molar-refractivity contribution in [2.75, 3.05) is 6.61 Å². The molecule has 2 N–H and O–H groups in total. The van der Waals surface area contributed by atoms with Gasteiger partial charge in [0.05, 0.1) is 0 Å². The summed E-state index contributed by atoms with van der Waals surface area (Å²) >= 11 is 0. The molecule has 2 atom stereocenters. The van der Waals surface area contributed by atoms with E-state index in [1.54, 1.807) is 0 Å². The zero-order chi connectivity index (χ0) is 11.4. The second kappa shape index (κ2) is 4.91. The van der Waals surface area contributed by atoms with Crippen LogP contribution in [0.2, 0.25) is 0 Å². The summed E-state index contributed by atoms with van der Waals surface area (Å²) in [5, 5.41) is 0. The predicted octanol–water partition coefficient (Wildman–Crippen LogP) is 1.57. The van der Waals surface area contributed by atoms with Crippen LogP contribution >= 0.6 is 0 Å². The van der Waals surface area contributed by atoms with Gasteiger partial charge in [-0.05, 0) is 18.6 Å². The Bertz CT molecular complexity index is 397. The first-order chi connectivity index (χ1) is 7.81. The minimum atomic E-state index is -0.108. The van der Waals surface area contributed by atoms with Crippen molar-refractivity contribution in [2.45, 2.75) is 25.0 Å². The van der Waals surface area contributed by atoms with Crippen molar-refractivity contribution in [3.05, 3.63) is 24.3 Å². The summed E-state index contributed by atoms with van der Waals surface area (Å²) in [4.78, 5) is 0. The molecule has 1 aliphatic rings. The summed E-state index contributed by atoms with van der Waals surface area (Å²) in [5.41, 5.74) is 5.99. The molecule has 0 radical (unpaired) electrons. The number of benzene rings is 1. The van der Waals surface area contributed by atoms with Gasteiger partial charge in [0.1, 0.15) is 12.7 Å². The van der Waals surface area contributed by atoms with Gasteiger partial charge in [-0.1, -0.05) is 12.1 Å². The minimum absolute atomic E-state index is 0.0793. The first kappa shape index (κ1) is 10.8. The number of rotatable bonds is 3. The van der Waals surface area contributed by atoms with Crippen LogP contribution < -0.4 is 15.2 Å². The summed E-state index contributed by atoms with van der Waals surface area (Å²) < 4.78 is 11.4. The van der Waals surface area contributed by atoms with Gasteiger partial charge in [-0.25, -0.2) is 0 Å². The highest BCUT2D eigenvalue weighted by atomic mass is 16.6. The molecule has 1 aliphatic heterocycles. The topological polar surface area (TPSA) is 44.5 Å². The standard InChI is InChI=1S/C13H15NO2/c1-2-3-6-10(14)13-9-15-11-7-4-5-8-12(11)16-13/h1,4-5,7-8,10,13H,3,6,9,14H2. The zero-order valence-corrected chi connectivity index (χ0v) is 9.06. The van der Waals surface area contributed by atoms with Crippen LogP contribution in [-0.4, -0.2) is 18.8 Å². The number of hydrogen-bond acceptors (Lipinski definition) is 3. The minimum Gasteiger partial charge on any atom is -0.486 e. The fourth-order valence-electron chi connectivity index (χ4n) is 1.68. The molecule has 0 bridgehead atoms. The lowest BCUT2D eigenvalue weighted by atomic mass is 10.1. The molecule has 0 aliphatic carbocycles. The van der Waals surface area contributed by atoms with Crippen LogP contribution in [0.25, 0.3) is 0 Å². The lowest BCUT2D eigenvalue weighted by Crippen LogP contribution is -2.44. The van der Waals surface area contributed by atoms with Gasteiger partial charge in [0.2, 0.25) is 0 Å². The average molecular weight is 217 g/mol. The quantitative estimate of drug-likeness (QED) is 0.781. The van der Waals surface area contributed by atoms with Gasteiger partial charge in [0, 0.05) is 12.5 Å². The molecule has 0 aromatic heterocycles. The van der Waals surface area contributed by atoms with Crippen molar-refractivity contribution in [1.82, 2.24) is 0 Å². The monoisotopic (exact) mass is 217 g/mol. The molecule has 16 heavy (non-hydrogen) atoms. The van der Waals surface area contributed by atoms with E-state index in [1.807, 2.05) is 24.3 Å². The second-order valence-electron chi connectivity index (χ2n) is 3.82. The van der Waals surface area contributed by atoms with E-state index in [4.69, 9.17) is 21.6 Å². The summed E-state index contributed by atoms with van der Waals surface area (Å²) in [6.07, 6.45) is 6.52. The Morgan fingerprint density at radius 1 is 1.44 bits per heavy atom. The number of fused-ring (bicyclic) bond motifs is 1. The molecule has 1 heterocycles. The van der Waals surface area contributed by atoms with Crippen molar-refractivity contribution in [2.24, 2.45) is 5.73 Å². The van der Waals surface area contributed by atoms with Gasteiger partial charge in [-0.2, -0.15) is 0 Å². The molecule has 0 amide bonds. The fourth-order valence-corrected chi connectivity index (χ4v) is 1.68. The van der Waals surface area contributed by atoms with E-state index in [2.05, 4.69) is 5.92 Å². The molecule has 3 nitrogen and oxygen atoms in total. The summed E-state index contributed by atoms with van der Waals surface area (Å²) in [5.74, 6) is 4.12. The van der Waals surface area contributed by atoms with Crippen molar-refractivity contribution < 1.29 is 9.47 Å². The van der Waals surface area contributed by atoms with E-state index in [0.717, 1.165) is 17.9 Å². The van der Waals surface area contributed by atoms with E-state index in [9.17, 15) is 0 Å².